The molecule has 0 heterocycles. The Hall–Kier alpha value is -2.40. The molecule has 0 fully saturated rings. The SMILES string of the molecule is CNS(=O)(=O)c1ccc(C(C)NCc2cccc(OCCCC#N)c2)cc1. The van der Waals surface area contributed by atoms with Gasteiger partial charge in [0.15, 0.2) is 0 Å². The van der Waals surface area contributed by atoms with Crippen molar-refractivity contribution in [1.82, 2.24) is 10.0 Å². The number of ether oxygens (including phenoxy) is 1. The molecule has 0 radical (unpaired) electrons. The van der Waals surface area contributed by atoms with Crippen LogP contribution in [0.1, 0.15) is 36.9 Å². The summed E-state index contributed by atoms with van der Waals surface area (Å²) < 4.78 is 31.5. The summed E-state index contributed by atoms with van der Waals surface area (Å²) in [5.41, 5.74) is 2.10. The maximum Gasteiger partial charge on any atom is 0.240 e. The predicted molar refractivity (Wildman–Crippen MR) is 105 cm³/mol. The van der Waals surface area contributed by atoms with Gasteiger partial charge in [0.1, 0.15) is 5.75 Å². The number of benzene rings is 2. The topological polar surface area (TPSA) is 91.2 Å². The second-order valence-corrected chi connectivity index (χ2v) is 8.02. The molecular formula is C20H25N3O3S. The number of hydrogen-bond acceptors (Lipinski definition) is 5. The van der Waals surface area contributed by atoms with E-state index in [0.29, 0.717) is 19.6 Å². The van der Waals surface area contributed by atoms with Gasteiger partial charge in [-0.25, -0.2) is 13.1 Å². The molecule has 27 heavy (non-hydrogen) atoms. The Balaban J connectivity index is 1.91. The third-order valence-electron chi connectivity index (χ3n) is 4.17. The number of sulfonamides is 1. The van der Waals surface area contributed by atoms with Crippen LogP contribution in [0.15, 0.2) is 53.4 Å². The number of unbranched alkanes of at least 4 members (excludes halogenated alkanes) is 1. The predicted octanol–water partition coefficient (Wildman–Crippen LogP) is 3.13. The van der Waals surface area contributed by atoms with Crippen molar-refractivity contribution in [2.45, 2.75) is 37.2 Å². The van der Waals surface area contributed by atoms with Gasteiger partial charge in [-0.15, -0.1) is 0 Å². The van der Waals surface area contributed by atoms with E-state index < -0.39 is 10.0 Å². The summed E-state index contributed by atoms with van der Waals surface area (Å²) in [6, 6.07) is 16.9. The van der Waals surface area contributed by atoms with Crippen LogP contribution in [0.25, 0.3) is 0 Å². The lowest BCUT2D eigenvalue weighted by Gasteiger charge is -2.15. The molecule has 2 N–H and O–H groups in total. The summed E-state index contributed by atoms with van der Waals surface area (Å²) in [5.74, 6) is 0.793. The molecule has 0 aliphatic carbocycles. The standard InChI is InChI=1S/C20H25N3O3S/c1-16(18-8-10-20(11-9-18)27(24,25)22-2)23-15-17-6-5-7-19(14-17)26-13-4-3-12-21/h5-11,14,16,22-23H,3-4,13,15H2,1-2H3. The van der Waals surface area contributed by atoms with E-state index in [2.05, 4.69) is 16.1 Å². The molecule has 0 bridgehead atoms. The van der Waals surface area contributed by atoms with E-state index in [1.165, 1.54) is 7.05 Å². The summed E-state index contributed by atoms with van der Waals surface area (Å²) in [6.07, 6.45) is 1.21. The van der Waals surface area contributed by atoms with Crippen LogP contribution in [-0.2, 0) is 16.6 Å². The highest BCUT2D eigenvalue weighted by Crippen LogP contribution is 2.18. The minimum absolute atomic E-state index is 0.0662. The van der Waals surface area contributed by atoms with Crippen LogP contribution < -0.4 is 14.8 Å². The Morgan fingerprint density at radius 1 is 1.19 bits per heavy atom. The van der Waals surface area contributed by atoms with Crippen LogP contribution >= 0.6 is 0 Å². The van der Waals surface area contributed by atoms with Gasteiger partial charge in [0, 0.05) is 19.0 Å². The van der Waals surface area contributed by atoms with E-state index in [1.807, 2.05) is 43.3 Å². The van der Waals surface area contributed by atoms with Gasteiger partial charge in [-0.1, -0.05) is 24.3 Å². The molecule has 0 saturated heterocycles. The largest absolute Gasteiger partial charge is 0.494 e. The van der Waals surface area contributed by atoms with Crippen molar-refractivity contribution in [2.24, 2.45) is 0 Å². The smallest absolute Gasteiger partial charge is 0.240 e. The summed E-state index contributed by atoms with van der Waals surface area (Å²) in [7, 11) is -2.02. The van der Waals surface area contributed by atoms with Gasteiger partial charge in [-0.05, 0) is 55.8 Å². The zero-order valence-electron chi connectivity index (χ0n) is 15.6. The summed E-state index contributed by atoms with van der Waals surface area (Å²) in [5, 5.41) is 12.0. The van der Waals surface area contributed by atoms with Crippen molar-refractivity contribution >= 4 is 10.0 Å². The van der Waals surface area contributed by atoms with Crippen molar-refractivity contribution in [3.05, 3.63) is 59.7 Å². The number of nitrogens with one attached hydrogen (secondary N) is 2. The van der Waals surface area contributed by atoms with Crippen molar-refractivity contribution in [3.63, 3.8) is 0 Å². The number of hydrogen-bond donors (Lipinski definition) is 2. The fourth-order valence-electron chi connectivity index (χ4n) is 2.53. The fourth-order valence-corrected chi connectivity index (χ4v) is 3.26. The second kappa shape index (κ2) is 10.1. The fraction of sp³-hybridized carbons (Fsp3) is 0.350. The average Bonchev–Trinajstić information content (AvgIpc) is 2.70. The van der Waals surface area contributed by atoms with Crippen molar-refractivity contribution < 1.29 is 13.2 Å². The molecule has 7 heteroatoms. The summed E-state index contributed by atoms with van der Waals surface area (Å²) in [4.78, 5) is 0.252. The molecule has 0 spiro atoms. The van der Waals surface area contributed by atoms with E-state index in [0.717, 1.165) is 23.3 Å². The van der Waals surface area contributed by atoms with E-state index in [1.54, 1.807) is 12.1 Å². The quantitative estimate of drug-likeness (QED) is 0.611. The Kier molecular flexibility index (Phi) is 7.80. The van der Waals surface area contributed by atoms with Crippen LogP contribution in [0.4, 0.5) is 0 Å². The number of nitrogens with zero attached hydrogens (tertiary/aromatic N) is 1. The van der Waals surface area contributed by atoms with Gasteiger partial charge < -0.3 is 10.1 Å². The minimum Gasteiger partial charge on any atom is -0.494 e. The molecule has 1 atom stereocenters. The van der Waals surface area contributed by atoms with Gasteiger partial charge in [0.2, 0.25) is 10.0 Å². The average molecular weight is 388 g/mol. The molecule has 0 aliphatic heterocycles. The molecule has 0 amide bonds. The molecular weight excluding hydrogens is 362 g/mol. The van der Waals surface area contributed by atoms with Crippen molar-refractivity contribution in [2.75, 3.05) is 13.7 Å². The molecule has 0 saturated carbocycles. The first-order valence-corrected chi connectivity index (χ1v) is 10.3. The van der Waals surface area contributed by atoms with Crippen LogP contribution in [0.3, 0.4) is 0 Å². The molecule has 6 nitrogen and oxygen atoms in total. The molecule has 2 rings (SSSR count). The molecule has 0 aromatic heterocycles. The molecule has 2 aromatic rings. The minimum atomic E-state index is -3.41. The van der Waals surface area contributed by atoms with Crippen LogP contribution in [0.5, 0.6) is 5.75 Å². The van der Waals surface area contributed by atoms with Crippen molar-refractivity contribution in [3.8, 4) is 11.8 Å². The molecule has 1 unspecified atom stereocenters. The third-order valence-corrected chi connectivity index (χ3v) is 5.60. The lowest BCUT2D eigenvalue weighted by atomic mass is 10.1. The Morgan fingerprint density at radius 3 is 2.59 bits per heavy atom. The monoisotopic (exact) mass is 387 g/mol. The Morgan fingerprint density at radius 2 is 1.93 bits per heavy atom. The van der Waals surface area contributed by atoms with E-state index in [9.17, 15) is 8.42 Å². The maximum atomic E-state index is 11.8. The number of nitriles is 1. The zero-order valence-corrected chi connectivity index (χ0v) is 16.4. The zero-order chi connectivity index (χ0) is 19.7. The summed E-state index contributed by atoms with van der Waals surface area (Å²) >= 11 is 0. The van der Waals surface area contributed by atoms with Gasteiger partial charge in [-0.3, -0.25) is 0 Å². The molecule has 2 aromatic carbocycles. The third kappa shape index (κ3) is 6.36. The highest BCUT2D eigenvalue weighted by atomic mass is 32.2. The summed E-state index contributed by atoms with van der Waals surface area (Å²) in [6.45, 7) is 3.22. The first kappa shape index (κ1) is 20.9. The van der Waals surface area contributed by atoms with Gasteiger partial charge in [0.25, 0.3) is 0 Å². The van der Waals surface area contributed by atoms with Crippen LogP contribution in [0.2, 0.25) is 0 Å². The van der Waals surface area contributed by atoms with Crippen molar-refractivity contribution in [1.29, 1.82) is 5.26 Å². The van der Waals surface area contributed by atoms with Gasteiger partial charge in [0.05, 0.1) is 17.6 Å². The highest BCUT2D eigenvalue weighted by Gasteiger charge is 2.12. The van der Waals surface area contributed by atoms with E-state index in [4.69, 9.17) is 10.00 Å². The number of rotatable bonds is 10. The second-order valence-electron chi connectivity index (χ2n) is 6.14. The lowest BCUT2D eigenvalue weighted by Crippen LogP contribution is -2.20. The van der Waals surface area contributed by atoms with Gasteiger partial charge >= 0.3 is 0 Å². The normalized spacial score (nSPS) is 12.3. The first-order chi connectivity index (χ1) is 13.0. The van der Waals surface area contributed by atoms with E-state index in [-0.39, 0.29) is 10.9 Å². The van der Waals surface area contributed by atoms with Crippen LogP contribution in [0, 0.1) is 11.3 Å². The molecule has 0 aliphatic rings. The Labute approximate surface area is 161 Å². The molecule has 144 valence electrons. The van der Waals surface area contributed by atoms with Crippen LogP contribution in [-0.4, -0.2) is 22.1 Å². The lowest BCUT2D eigenvalue weighted by molar-refractivity contribution is 0.312. The maximum absolute atomic E-state index is 11.8. The first-order valence-electron chi connectivity index (χ1n) is 8.82. The Bertz CT molecular complexity index is 874. The van der Waals surface area contributed by atoms with E-state index >= 15 is 0 Å². The highest BCUT2D eigenvalue weighted by molar-refractivity contribution is 7.89. The van der Waals surface area contributed by atoms with Gasteiger partial charge in [-0.2, -0.15) is 5.26 Å².